The summed E-state index contributed by atoms with van der Waals surface area (Å²) in [5.74, 6) is -0.0316. The summed E-state index contributed by atoms with van der Waals surface area (Å²) in [6, 6.07) is 4.17. The van der Waals surface area contributed by atoms with Gasteiger partial charge in [-0.1, -0.05) is 6.07 Å². The van der Waals surface area contributed by atoms with Crippen molar-refractivity contribution in [3.63, 3.8) is 0 Å². The van der Waals surface area contributed by atoms with Gasteiger partial charge in [-0.25, -0.2) is 12.8 Å². The summed E-state index contributed by atoms with van der Waals surface area (Å²) in [5, 5.41) is 7.74. The zero-order valence-corrected chi connectivity index (χ0v) is 15.9. The molecular formula is C17H19FN4O3S. The quantitative estimate of drug-likeness (QED) is 0.753. The van der Waals surface area contributed by atoms with Gasteiger partial charge >= 0.3 is 0 Å². The lowest BCUT2D eigenvalue weighted by Gasteiger charge is -2.10. The van der Waals surface area contributed by atoms with Crippen molar-refractivity contribution in [2.45, 2.75) is 32.6 Å². The van der Waals surface area contributed by atoms with Crippen LogP contribution in [0.25, 0.3) is 11.5 Å². The largest absolute Gasteiger partial charge is 0.421 e. The van der Waals surface area contributed by atoms with E-state index in [-0.39, 0.29) is 16.5 Å². The minimum atomic E-state index is -4.01. The van der Waals surface area contributed by atoms with Crippen molar-refractivity contribution in [3.8, 4) is 11.5 Å². The van der Waals surface area contributed by atoms with Gasteiger partial charge in [-0.05, 0) is 38.5 Å². The Balaban J connectivity index is 2.15. The van der Waals surface area contributed by atoms with Crippen molar-refractivity contribution in [3.05, 3.63) is 46.9 Å². The van der Waals surface area contributed by atoms with Crippen molar-refractivity contribution in [1.82, 2.24) is 14.8 Å². The lowest BCUT2D eigenvalue weighted by Crippen LogP contribution is -2.15. The SMILES string of the molecule is Cc1nnc(-c2c(S(=O)(=O)Nc3ccc(C)c(F)c3)c(C)n(C)c2C)o1. The summed E-state index contributed by atoms with van der Waals surface area (Å²) in [6.07, 6.45) is 0. The molecule has 0 spiro atoms. The van der Waals surface area contributed by atoms with Gasteiger partial charge in [0.15, 0.2) is 0 Å². The van der Waals surface area contributed by atoms with E-state index in [1.807, 2.05) is 0 Å². The smallest absolute Gasteiger partial charge is 0.264 e. The van der Waals surface area contributed by atoms with Crippen LogP contribution in [0.5, 0.6) is 0 Å². The van der Waals surface area contributed by atoms with Gasteiger partial charge in [-0.3, -0.25) is 4.72 Å². The molecule has 0 unspecified atom stereocenters. The topological polar surface area (TPSA) is 90.0 Å². The number of nitrogens with zero attached hydrogens (tertiary/aromatic N) is 3. The van der Waals surface area contributed by atoms with Crippen LogP contribution < -0.4 is 4.72 Å². The Kier molecular flexibility index (Phi) is 4.35. The van der Waals surface area contributed by atoms with Crippen molar-refractivity contribution in [2.24, 2.45) is 7.05 Å². The van der Waals surface area contributed by atoms with Gasteiger partial charge in [0.1, 0.15) is 10.7 Å². The molecule has 2 aromatic heterocycles. The second-order valence-electron chi connectivity index (χ2n) is 6.13. The van der Waals surface area contributed by atoms with Crippen LogP contribution in [-0.4, -0.2) is 23.2 Å². The molecule has 0 atom stereocenters. The first-order chi connectivity index (χ1) is 12.1. The Morgan fingerprint density at radius 3 is 2.38 bits per heavy atom. The monoisotopic (exact) mass is 378 g/mol. The first kappa shape index (κ1) is 18.1. The van der Waals surface area contributed by atoms with Crippen LogP contribution in [0.3, 0.4) is 0 Å². The molecule has 0 aliphatic rings. The number of aromatic nitrogens is 3. The minimum absolute atomic E-state index is 0.0298. The van der Waals surface area contributed by atoms with E-state index in [2.05, 4.69) is 14.9 Å². The molecule has 0 amide bonds. The molecule has 138 valence electrons. The van der Waals surface area contributed by atoms with E-state index in [4.69, 9.17) is 4.42 Å². The summed E-state index contributed by atoms with van der Waals surface area (Å²) in [4.78, 5) is 0.0298. The lowest BCUT2D eigenvalue weighted by molar-refractivity contribution is 0.530. The van der Waals surface area contributed by atoms with E-state index in [1.165, 1.54) is 12.1 Å². The number of hydrogen-bond acceptors (Lipinski definition) is 5. The number of benzene rings is 1. The molecule has 3 rings (SSSR count). The van der Waals surface area contributed by atoms with E-state index in [0.717, 1.165) is 6.07 Å². The molecule has 1 aromatic carbocycles. The van der Waals surface area contributed by atoms with Crippen LogP contribution >= 0.6 is 0 Å². The second kappa shape index (κ2) is 6.24. The molecule has 0 radical (unpaired) electrons. The molecule has 1 N–H and O–H groups in total. The molecule has 26 heavy (non-hydrogen) atoms. The maximum Gasteiger partial charge on any atom is 0.264 e. The van der Waals surface area contributed by atoms with E-state index >= 15 is 0 Å². The zero-order chi connectivity index (χ0) is 19.2. The Bertz CT molecular complexity index is 1100. The van der Waals surface area contributed by atoms with Crippen molar-refractivity contribution < 1.29 is 17.2 Å². The molecular weight excluding hydrogens is 359 g/mol. The van der Waals surface area contributed by atoms with Crippen molar-refractivity contribution >= 4 is 15.7 Å². The fourth-order valence-corrected chi connectivity index (χ4v) is 4.33. The molecule has 3 aromatic rings. The van der Waals surface area contributed by atoms with Crippen LogP contribution in [0, 0.1) is 33.5 Å². The van der Waals surface area contributed by atoms with E-state index in [0.29, 0.717) is 28.4 Å². The Hall–Kier alpha value is -2.68. The predicted molar refractivity (Wildman–Crippen MR) is 94.9 cm³/mol. The van der Waals surface area contributed by atoms with Gasteiger partial charge in [-0.2, -0.15) is 0 Å². The highest BCUT2D eigenvalue weighted by Gasteiger charge is 2.30. The summed E-state index contributed by atoms with van der Waals surface area (Å²) >= 11 is 0. The van der Waals surface area contributed by atoms with Gasteiger partial charge in [-0.15, -0.1) is 10.2 Å². The fraction of sp³-hybridized carbons (Fsp3) is 0.294. The standard InChI is InChI=1S/C17H19FN4O3S/c1-9-6-7-13(8-14(9)18)21-26(23,24)16-11(3)22(5)10(2)15(16)17-20-19-12(4)25-17/h6-8,21H,1-5H3. The summed E-state index contributed by atoms with van der Waals surface area (Å²) < 4.78 is 49.5. The van der Waals surface area contributed by atoms with Crippen LogP contribution in [-0.2, 0) is 17.1 Å². The first-order valence-electron chi connectivity index (χ1n) is 7.87. The molecule has 0 saturated carbocycles. The summed E-state index contributed by atoms with van der Waals surface area (Å²) in [5.41, 5.74) is 2.09. The third kappa shape index (κ3) is 2.98. The lowest BCUT2D eigenvalue weighted by atomic mass is 10.2. The highest BCUT2D eigenvalue weighted by molar-refractivity contribution is 7.93. The van der Waals surface area contributed by atoms with Crippen molar-refractivity contribution in [2.75, 3.05) is 4.72 Å². The Labute approximate surface area is 150 Å². The number of sulfonamides is 1. The van der Waals surface area contributed by atoms with E-state index in [1.54, 1.807) is 39.3 Å². The molecule has 0 fully saturated rings. The Morgan fingerprint density at radius 2 is 1.81 bits per heavy atom. The van der Waals surface area contributed by atoms with E-state index < -0.39 is 15.8 Å². The van der Waals surface area contributed by atoms with Gasteiger partial charge in [0, 0.05) is 25.4 Å². The third-order valence-electron chi connectivity index (χ3n) is 4.36. The zero-order valence-electron chi connectivity index (χ0n) is 15.1. The molecule has 9 heteroatoms. The van der Waals surface area contributed by atoms with Gasteiger partial charge < -0.3 is 8.98 Å². The molecule has 0 aliphatic carbocycles. The predicted octanol–water partition coefficient (Wildman–Crippen LogP) is 3.25. The number of aryl methyl sites for hydroxylation is 2. The fourth-order valence-electron chi connectivity index (χ4n) is 2.76. The van der Waals surface area contributed by atoms with Crippen LogP contribution in [0.2, 0.25) is 0 Å². The number of nitrogens with one attached hydrogen (secondary N) is 1. The normalized spacial score (nSPS) is 11.8. The Morgan fingerprint density at radius 1 is 1.12 bits per heavy atom. The summed E-state index contributed by atoms with van der Waals surface area (Å²) in [7, 11) is -2.26. The summed E-state index contributed by atoms with van der Waals surface area (Å²) in [6.45, 7) is 6.69. The average molecular weight is 378 g/mol. The third-order valence-corrected chi connectivity index (χ3v) is 5.90. The van der Waals surface area contributed by atoms with Crippen LogP contribution in [0.1, 0.15) is 22.8 Å². The molecule has 0 aliphatic heterocycles. The minimum Gasteiger partial charge on any atom is -0.421 e. The van der Waals surface area contributed by atoms with E-state index in [9.17, 15) is 12.8 Å². The molecule has 7 nitrogen and oxygen atoms in total. The molecule has 0 bridgehead atoms. The van der Waals surface area contributed by atoms with Gasteiger partial charge in [0.05, 0.1) is 11.3 Å². The van der Waals surface area contributed by atoms with Crippen LogP contribution in [0.15, 0.2) is 27.5 Å². The van der Waals surface area contributed by atoms with Gasteiger partial charge in [0.2, 0.25) is 5.89 Å². The maximum absolute atomic E-state index is 13.8. The number of halogens is 1. The second-order valence-corrected chi connectivity index (χ2v) is 7.75. The number of hydrogen-bond donors (Lipinski definition) is 1. The molecule has 2 heterocycles. The molecule has 0 saturated heterocycles. The highest BCUT2D eigenvalue weighted by Crippen LogP contribution is 2.35. The van der Waals surface area contributed by atoms with Gasteiger partial charge in [0.25, 0.3) is 15.9 Å². The van der Waals surface area contributed by atoms with Crippen molar-refractivity contribution in [1.29, 1.82) is 0 Å². The first-order valence-corrected chi connectivity index (χ1v) is 9.35. The van der Waals surface area contributed by atoms with Crippen LogP contribution in [0.4, 0.5) is 10.1 Å². The number of rotatable bonds is 4. The highest BCUT2D eigenvalue weighted by atomic mass is 32.2. The maximum atomic E-state index is 13.8. The average Bonchev–Trinajstić information content (AvgIpc) is 3.08. The number of anilines is 1.